The van der Waals surface area contributed by atoms with Crippen molar-refractivity contribution in [3.05, 3.63) is 35.9 Å². The molecule has 0 atom stereocenters. The fourth-order valence-electron chi connectivity index (χ4n) is 3.36. The molecule has 1 rings (SSSR count). The van der Waals surface area contributed by atoms with E-state index < -0.39 is 0 Å². The molecule has 0 saturated heterocycles. The van der Waals surface area contributed by atoms with Crippen LogP contribution in [0.4, 0.5) is 0 Å². The van der Waals surface area contributed by atoms with Gasteiger partial charge in [0.25, 0.3) is 0 Å². The van der Waals surface area contributed by atoms with Crippen molar-refractivity contribution in [1.82, 2.24) is 0 Å². The van der Waals surface area contributed by atoms with Crippen LogP contribution >= 0.6 is 0 Å². The van der Waals surface area contributed by atoms with Crippen molar-refractivity contribution in [2.45, 2.75) is 106 Å². The third-order valence-corrected chi connectivity index (χ3v) is 9.64. The minimum absolute atomic E-state index is 0.172. The molecule has 0 spiro atoms. The fourth-order valence-corrected chi connectivity index (χ4v) is 7.48. The van der Waals surface area contributed by atoms with E-state index in [2.05, 4.69) is 37.3 Å². The Morgan fingerprint density at radius 3 is 1.67 bits per heavy atom. The number of rotatable bonds is 17. The van der Waals surface area contributed by atoms with Gasteiger partial charge in [-0.1, -0.05) is 0 Å². The maximum atomic E-state index is 2.30. The van der Waals surface area contributed by atoms with Crippen LogP contribution in [0.25, 0.3) is 0 Å². The van der Waals surface area contributed by atoms with E-state index in [0.29, 0.717) is 0 Å². The average molecular weight is 440 g/mol. The van der Waals surface area contributed by atoms with Crippen LogP contribution in [0.15, 0.2) is 30.3 Å². The van der Waals surface area contributed by atoms with E-state index in [1.807, 2.05) is 0 Å². The normalized spacial score (nSPS) is 11.5. The second-order valence-corrected chi connectivity index (χ2v) is 12.3. The van der Waals surface area contributed by atoms with Crippen molar-refractivity contribution in [3.63, 3.8) is 0 Å². The van der Waals surface area contributed by atoms with Gasteiger partial charge in [0.15, 0.2) is 0 Å². The number of hydrogen-bond acceptors (Lipinski definition) is 0. The van der Waals surface area contributed by atoms with Gasteiger partial charge in [0.05, 0.1) is 0 Å². The molecule has 0 aliphatic rings. The molecule has 139 valence electrons. The third-order valence-electron chi connectivity index (χ3n) is 4.98. The molecule has 0 heterocycles. The van der Waals surface area contributed by atoms with E-state index in [1.54, 1.807) is 15.2 Å². The Morgan fingerprint density at radius 1 is 0.583 bits per heavy atom. The number of benzene rings is 1. The number of aryl methyl sites for hydroxylation is 1. The van der Waals surface area contributed by atoms with Crippen molar-refractivity contribution < 1.29 is 0 Å². The summed E-state index contributed by atoms with van der Waals surface area (Å²) in [5.41, 5.74) is 1.52. The molecule has 0 N–H and O–H groups in total. The Morgan fingerprint density at radius 2 is 1.08 bits per heavy atom. The second kappa shape index (κ2) is 17.8. The summed E-state index contributed by atoms with van der Waals surface area (Å²) in [7, 11) is 0. The second-order valence-electron chi connectivity index (χ2n) is 7.34. The summed E-state index contributed by atoms with van der Waals surface area (Å²) in [5, 5.41) is 0. The van der Waals surface area contributed by atoms with E-state index >= 15 is 0 Å². The zero-order valence-electron chi connectivity index (χ0n) is 16.3. The molecule has 0 amide bonds. The summed E-state index contributed by atoms with van der Waals surface area (Å²) in [6.07, 6.45) is 20.5. The molecule has 1 heteroatoms. The van der Waals surface area contributed by atoms with Crippen LogP contribution in [0.2, 0.25) is 8.73 Å². The topological polar surface area (TPSA) is 0 Å². The summed E-state index contributed by atoms with van der Waals surface area (Å²) >= 11 is -0.172. The zero-order valence-corrected chi connectivity index (χ0v) is 19.6. The number of hydrogen-bond donors (Lipinski definition) is 0. The van der Waals surface area contributed by atoms with Crippen molar-refractivity contribution in [2.24, 2.45) is 0 Å². The average Bonchev–Trinajstić information content (AvgIpc) is 2.62. The molecular formula is C23H42Sb. The Bertz CT molecular complexity index is 346. The Labute approximate surface area is 162 Å². The van der Waals surface area contributed by atoms with Crippen LogP contribution in [0.5, 0.6) is 0 Å². The molecule has 1 aromatic carbocycles. The molecule has 0 saturated carbocycles. The first-order valence-corrected chi connectivity index (χ1v) is 15.4. The van der Waals surface area contributed by atoms with Crippen LogP contribution in [-0.4, -0.2) is 21.6 Å². The van der Waals surface area contributed by atoms with Crippen LogP contribution in [0.1, 0.15) is 96.0 Å². The van der Waals surface area contributed by atoms with Crippen LogP contribution < -0.4 is 0 Å². The molecule has 0 bridgehead atoms. The summed E-state index contributed by atoms with van der Waals surface area (Å²) in [6, 6.07) is 11.0. The van der Waals surface area contributed by atoms with Crippen LogP contribution in [0.3, 0.4) is 0 Å². The Hall–Kier alpha value is 0.0382. The van der Waals surface area contributed by atoms with Crippen molar-refractivity contribution >= 4 is 21.6 Å². The van der Waals surface area contributed by atoms with Gasteiger partial charge < -0.3 is 0 Å². The molecule has 1 radical (unpaired) electrons. The van der Waals surface area contributed by atoms with E-state index in [9.17, 15) is 0 Å². The molecule has 0 unspecified atom stereocenters. The van der Waals surface area contributed by atoms with Gasteiger partial charge in [-0.25, -0.2) is 0 Å². The van der Waals surface area contributed by atoms with Crippen LogP contribution in [-0.2, 0) is 6.42 Å². The standard InChI is InChI=1S/C12H25.C11H15.Sb.2H/c1-3-5-7-9-11-12-10-8-6-4-2;1-2-3-5-8-11-9-6-4-7-10-11;;;/h1,3-12H2,2H3;4,6-7,9-10H,1-3,5,8H2;;;. The van der Waals surface area contributed by atoms with Crippen molar-refractivity contribution in [2.75, 3.05) is 0 Å². The molecule has 0 aromatic heterocycles. The predicted molar refractivity (Wildman–Crippen MR) is 114 cm³/mol. The Kier molecular flexibility index (Phi) is 16.4. The van der Waals surface area contributed by atoms with Gasteiger partial charge in [-0.3, -0.25) is 0 Å². The SMILES string of the molecule is CCCCCCCCCCC[CH2][SbH2][CH2]CCCCc1ccccc1. The van der Waals surface area contributed by atoms with Gasteiger partial charge in [0.2, 0.25) is 0 Å². The predicted octanol–water partition coefficient (Wildman–Crippen LogP) is 7.33. The summed E-state index contributed by atoms with van der Waals surface area (Å²) in [5.74, 6) is 0. The van der Waals surface area contributed by atoms with E-state index in [-0.39, 0.29) is 21.6 Å². The zero-order chi connectivity index (χ0) is 17.1. The molecule has 24 heavy (non-hydrogen) atoms. The van der Waals surface area contributed by atoms with Crippen molar-refractivity contribution in [1.29, 1.82) is 0 Å². The first-order chi connectivity index (χ1) is 11.9. The quantitative estimate of drug-likeness (QED) is 0.176. The van der Waals surface area contributed by atoms with Crippen LogP contribution in [0, 0.1) is 0 Å². The molecular weight excluding hydrogens is 398 g/mol. The maximum absolute atomic E-state index is 2.30. The fraction of sp³-hybridized carbons (Fsp3) is 0.739. The first-order valence-electron chi connectivity index (χ1n) is 10.8. The Balaban J connectivity index is 1.70. The first kappa shape index (κ1) is 22.1. The van der Waals surface area contributed by atoms with E-state index in [4.69, 9.17) is 0 Å². The third kappa shape index (κ3) is 14.4. The number of unbranched alkanes of at least 4 members (excludes halogenated alkanes) is 11. The molecule has 0 nitrogen and oxygen atoms in total. The van der Waals surface area contributed by atoms with E-state index in [1.165, 1.54) is 89.0 Å². The van der Waals surface area contributed by atoms with Gasteiger partial charge >= 0.3 is 163 Å². The minimum atomic E-state index is -0.172. The molecule has 0 fully saturated rings. The van der Waals surface area contributed by atoms with Gasteiger partial charge in [-0.05, 0) is 0 Å². The van der Waals surface area contributed by atoms with Gasteiger partial charge in [0, 0.05) is 0 Å². The summed E-state index contributed by atoms with van der Waals surface area (Å²) < 4.78 is 3.30. The monoisotopic (exact) mass is 439 g/mol. The summed E-state index contributed by atoms with van der Waals surface area (Å²) in [4.78, 5) is 0. The molecule has 1 aromatic rings. The summed E-state index contributed by atoms with van der Waals surface area (Å²) in [6.45, 7) is 2.30. The van der Waals surface area contributed by atoms with Gasteiger partial charge in [-0.2, -0.15) is 0 Å². The van der Waals surface area contributed by atoms with Gasteiger partial charge in [-0.15, -0.1) is 0 Å². The van der Waals surface area contributed by atoms with Gasteiger partial charge in [0.1, 0.15) is 0 Å². The molecule has 0 aliphatic heterocycles. The van der Waals surface area contributed by atoms with Crippen molar-refractivity contribution in [3.8, 4) is 0 Å². The molecule has 0 aliphatic carbocycles. The van der Waals surface area contributed by atoms with E-state index in [0.717, 1.165) is 0 Å².